The van der Waals surface area contributed by atoms with E-state index in [0.717, 1.165) is 38.6 Å². The van der Waals surface area contributed by atoms with Crippen LogP contribution < -0.4 is 0 Å². The van der Waals surface area contributed by atoms with Crippen LogP contribution in [-0.2, 0) is 4.79 Å². The number of carboxylic acid groups (broad SMARTS) is 1. The fraction of sp³-hybridized carbons (Fsp3) is 0.875. The maximum atomic E-state index is 13.0. The van der Waals surface area contributed by atoms with Gasteiger partial charge in [-0.25, -0.2) is 9.59 Å². The highest BCUT2D eigenvalue weighted by molar-refractivity contribution is 5.87. The number of likely N-dealkylation sites (tertiary alicyclic amines) is 2. The first-order valence-electron chi connectivity index (χ1n) is 8.38. The second-order valence-electron chi connectivity index (χ2n) is 6.33. The summed E-state index contributed by atoms with van der Waals surface area (Å²) in [4.78, 5) is 28.3. The van der Waals surface area contributed by atoms with Crippen molar-refractivity contribution in [3.8, 4) is 0 Å². The van der Waals surface area contributed by atoms with E-state index in [-0.39, 0.29) is 12.1 Å². The predicted molar refractivity (Wildman–Crippen MR) is 81.2 cm³/mol. The molecule has 0 aromatic rings. The molecule has 0 radical (unpaired) electrons. The molecule has 1 N–H and O–H groups in total. The summed E-state index contributed by atoms with van der Waals surface area (Å²) in [5.74, 6) is -0.848. The number of amides is 2. The molecule has 5 nitrogen and oxygen atoms in total. The van der Waals surface area contributed by atoms with Crippen LogP contribution in [0.15, 0.2) is 0 Å². The van der Waals surface area contributed by atoms with Crippen molar-refractivity contribution in [1.29, 1.82) is 0 Å². The third-order valence-corrected chi connectivity index (χ3v) is 5.30. The molecule has 0 bridgehead atoms. The van der Waals surface area contributed by atoms with Crippen molar-refractivity contribution in [2.24, 2.45) is 0 Å². The zero-order valence-electron chi connectivity index (χ0n) is 13.3. The van der Waals surface area contributed by atoms with Crippen LogP contribution in [0.1, 0.15) is 65.2 Å². The highest BCUT2D eigenvalue weighted by Crippen LogP contribution is 2.35. The minimum absolute atomic E-state index is 0.0505. The minimum atomic E-state index is -0.984. The number of carbonyl (C=O) groups excluding carboxylic acids is 1. The fourth-order valence-electron chi connectivity index (χ4n) is 3.91. The Morgan fingerprint density at radius 2 is 1.90 bits per heavy atom. The number of hydrogen-bond acceptors (Lipinski definition) is 2. The van der Waals surface area contributed by atoms with Crippen LogP contribution >= 0.6 is 0 Å². The maximum Gasteiger partial charge on any atom is 0.329 e. The molecule has 2 amide bonds. The first-order chi connectivity index (χ1) is 10.1. The summed E-state index contributed by atoms with van der Waals surface area (Å²) in [6, 6.07) is 0.217. The van der Waals surface area contributed by atoms with E-state index >= 15 is 0 Å². The smallest absolute Gasteiger partial charge is 0.329 e. The number of aliphatic carboxylic acids is 1. The molecule has 0 aliphatic carbocycles. The van der Waals surface area contributed by atoms with Crippen molar-refractivity contribution in [2.45, 2.75) is 76.8 Å². The third kappa shape index (κ3) is 2.87. The van der Waals surface area contributed by atoms with Crippen LogP contribution in [0, 0.1) is 0 Å². The van der Waals surface area contributed by atoms with Gasteiger partial charge in [-0.1, -0.05) is 26.7 Å². The van der Waals surface area contributed by atoms with Crippen molar-refractivity contribution < 1.29 is 14.7 Å². The lowest BCUT2D eigenvalue weighted by Crippen LogP contribution is -2.58. The monoisotopic (exact) mass is 296 g/mol. The number of carboxylic acids is 1. The molecule has 0 saturated carbocycles. The van der Waals surface area contributed by atoms with E-state index in [9.17, 15) is 14.7 Å². The van der Waals surface area contributed by atoms with Gasteiger partial charge in [0, 0.05) is 19.1 Å². The Morgan fingerprint density at radius 1 is 1.14 bits per heavy atom. The van der Waals surface area contributed by atoms with Crippen molar-refractivity contribution in [3.05, 3.63) is 0 Å². The van der Waals surface area contributed by atoms with Gasteiger partial charge in [-0.05, 0) is 38.5 Å². The van der Waals surface area contributed by atoms with E-state index in [1.807, 2.05) is 11.8 Å². The van der Waals surface area contributed by atoms with E-state index < -0.39 is 11.5 Å². The van der Waals surface area contributed by atoms with Crippen LogP contribution in [0.2, 0.25) is 0 Å². The Kier molecular flexibility index (Phi) is 5.12. The predicted octanol–water partition coefficient (Wildman–Crippen LogP) is 3.09. The average Bonchev–Trinajstić information content (AvgIpc) is 2.78. The highest BCUT2D eigenvalue weighted by atomic mass is 16.4. The fourth-order valence-corrected chi connectivity index (χ4v) is 3.91. The van der Waals surface area contributed by atoms with E-state index in [2.05, 4.69) is 6.92 Å². The lowest BCUT2D eigenvalue weighted by atomic mass is 9.93. The topological polar surface area (TPSA) is 60.9 Å². The second-order valence-corrected chi connectivity index (χ2v) is 6.33. The first kappa shape index (κ1) is 16.1. The molecular weight excluding hydrogens is 268 g/mol. The summed E-state index contributed by atoms with van der Waals surface area (Å²) in [5.41, 5.74) is -0.984. The Morgan fingerprint density at radius 3 is 2.52 bits per heavy atom. The molecule has 2 fully saturated rings. The van der Waals surface area contributed by atoms with E-state index in [1.165, 1.54) is 6.42 Å². The number of urea groups is 1. The molecule has 0 aromatic heterocycles. The lowest BCUT2D eigenvalue weighted by molar-refractivity contribution is -0.148. The van der Waals surface area contributed by atoms with Crippen molar-refractivity contribution in [2.75, 3.05) is 13.1 Å². The van der Waals surface area contributed by atoms with Crippen molar-refractivity contribution >= 4 is 12.0 Å². The molecule has 120 valence electrons. The Bertz CT molecular complexity index is 399. The molecule has 2 heterocycles. The van der Waals surface area contributed by atoms with E-state index in [4.69, 9.17) is 0 Å². The number of rotatable bonds is 3. The van der Waals surface area contributed by atoms with Crippen LogP contribution in [-0.4, -0.2) is 51.6 Å². The third-order valence-electron chi connectivity index (χ3n) is 5.30. The van der Waals surface area contributed by atoms with Gasteiger partial charge in [0.05, 0.1) is 0 Å². The maximum absolute atomic E-state index is 13.0. The van der Waals surface area contributed by atoms with Crippen LogP contribution in [0.5, 0.6) is 0 Å². The largest absolute Gasteiger partial charge is 0.479 e. The SMILES string of the molecule is CCC1CCCCCN1C(=O)N1CCCC1(CC)C(=O)O. The minimum Gasteiger partial charge on any atom is -0.479 e. The van der Waals surface area contributed by atoms with Gasteiger partial charge in [0.25, 0.3) is 0 Å². The molecule has 21 heavy (non-hydrogen) atoms. The van der Waals surface area contributed by atoms with Gasteiger partial charge >= 0.3 is 12.0 Å². The molecule has 2 aliphatic heterocycles. The normalized spacial score (nSPS) is 30.3. The molecule has 0 spiro atoms. The van der Waals surface area contributed by atoms with E-state index in [1.54, 1.807) is 4.90 Å². The molecule has 2 atom stereocenters. The summed E-state index contributed by atoms with van der Waals surface area (Å²) in [6.07, 6.45) is 7.21. The molecule has 0 aromatic carbocycles. The molecule has 2 unspecified atom stereocenters. The van der Waals surface area contributed by atoms with E-state index in [0.29, 0.717) is 19.4 Å². The van der Waals surface area contributed by atoms with Crippen LogP contribution in [0.4, 0.5) is 4.79 Å². The molecule has 2 aliphatic rings. The standard InChI is InChI=1S/C16H28N2O3/c1-3-13-9-6-5-7-11-17(13)15(21)18-12-8-10-16(18,4-2)14(19)20/h13H,3-12H2,1-2H3,(H,19,20). The number of carbonyl (C=O) groups is 2. The van der Waals surface area contributed by atoms with Crippen molar-refractivity contribution in [1.82, 2.24) is 9.80 Å². The quantitative estimate of drug-likeness (QED) is 0.870. The zero-order chi connectivity index (χ0) is 15.5. The Balaban J connectivity index is 2.22. The first-order valence-corrected chi connectivity index (χ1v) is 8.38. The van der Waals surface area contributed by atoms with Gasteiger partial charge in [-0.2, -0.15) is 0 Å². The van der Waals surface area contributed by atoms with Gasteiger partial charge < -0.3 is 14.9 Å². The summed E-state index contributed by atoms with van der Waals surface area (Å²) in [5, 5.41) is 9.65. The summed E-state index contributed by atoms with van der Waals surface area (Å²) >= 11 is 0. The summed E-state index contributed by atoms with van der Waals surface area (Å²) in [7, 11) is 0. The number of hydrogen-bond donors (Lipinski definition) is 1. The van der Waals surface area contributed by atoms with Crippen LogP contribution in [0.25, 0.3) is 0 Å². The highest BCUT2D eigenvalue weighted by Gasteiger charge is 2.50. The van der Waals surface area contributed by atoms with Crippen LogP contribution in [0.3, 0.4) is 0 Å². The van der Waals surface area contributed by atoms with Gasteiger partial charge in [-0.3, -0.25) is 0 Å². The van der Waals surface area contributed by atoms with Gasteiger partial charge in [-0.15, -0.1) is 0 Å². The molecule has 2 rings (SSSR count). The average molecular weight is 296 g/mol. The zero-order valence-corrected chi connectivity index (χ0v) is 13.3. The van der Waals surface area contributed by atoms with Gasteiger partial charge in [0.15, 0.2) is 0 Å². The Hall–Kier alpha value is -1.26. The Labute approximate surface area is 127 Å². The second kappa shape index (κ2) is 6.67. The van der Waals surface area contributed by atoms with Gasteiger partial charge in [0.1, 0.15) is 5.54 Å². The molecule has 5 heteroatoms. The summed E-state index contributed by atoms with van der Waals surface area (Å²) in [6.45, 7) is 5.34. The summed E-state index contributed by atoms with van der Waals surface area (Å²) < 4.78 is 0. The van der Waals surface area contributed by atoms with Gasteiger partial charge in [0.2, 0.25) is 0 Å². The molecule has 2 saturated heterocycles. The van der Waals surface area contributed by atoms with Crippen molar-refractivity contribution in [3.63, 3.8) is 0 Å². The number of nitrogens with zero attached hydrogens (tertiary/aromatic N) is 2. The lowest BCUT2D eigenvalue weighted by Gasteiger charge is -2.39. The molecular formula is C16H28N2O3.